The molecule has 22 heavy (non-hydrogen) atoms. The van der Waals surface area contributed by atoms with Gasteiger partial charge in [-0.1, -0.05) is 30.3 Å². The molecule has 0 aromatic heterocycles. The largest absolute Gasteiger partial charge is 0.456 e. The number of ketones is 1. The van der Waals surface area contributed by atoms with Gasteiger partial charge in [-0.05, 0) is 13.8 Å². The van der Waals surface area contributed by atoms with Crippen LogP contribution in [-0.2, 0) is 14.3 Å². The first-order valence-corrected chi connectivity index (χ1v) is 6.69. The Kier molecular flexibility index (Phi) is 4.25. The van der Waals surface area contributed by atoms with Crippen LogP contribution < -0.4 is 5.32 Å². The Morgan fingerprint density at radius 3 is 2.36 bits per heavy atom. The predicted octanol–water partition coefficient (Wildman–Crippen LogP) is 0.743. The summed E-state index contributed by atoms with van der Waals surface area (Å²) in [5.74, 6) is -1.68. The zero-order chi connectivity index (χ0) is 16.3. The lowest BCUT2D eigenvalue weighted by molar-refractivity contribution is -0.146. The van der Waals surface area contributed by atoms with E-state index in [4.69, 9.17) is 4.74 Å². The van der Waals surface area contributed by atoms with Crippen molar-refractivity contribution >= 4 is 23.7 Å². The number of carbonyl (C=O) groups excluding carboxylic acids is 4. The maximum Gasteiger partial charge on any atom is 0.326 e. The number of ether oxygens (including phenoxy) is 1. The lowest BCUT2D eigenvalue weighted by Crippen LogP contribution is -2.41. The quantitative estimate of drug-likeness (QED) is 0.492. The number of nitrogens with one attached hydrogen (secondary N) is 1. The third kappa shape index (κ3) is 3.30. The van der Waals surface area contributed by atoms with Crippen LogP contribution in [0.3, 0.4) is 0 Å². The summed E-state index contributed by atoms with van der Waals surface area (Å²) in [5.41, 5.74) is -0.622. The number of benzene rings is 1. The minimum absolute atomic E-state index is 0.355. The summed E-state index contributed by atoms with van der Waals surface area (Å²) in [6.07, 6.45) is 0. The van der Waals surface area contributed by atoms with Gasteiger partial charge in [0.25, 0.3) is 5.91 Å². The molecule has 116 valence electrons. The molecule has 0 bridgehead atoms. The number of nitrogens with zero attached hydrogens (tertiary/aromatic N) is 1. The second-order valence-corrected chi connectivity index (χ2v) is 5.40. The summed E-state index contributed by atoms with van der Waals surface area (Å²) in [6.45, 7) is 2.13. The summed E-state index contributed by atoms with van der Waals surface area (Å²) >= 11 is 0. The molecule has 1 N–H and O–H groups in total. The third-order valence-electron chi connectivity index (χ3n) is 3.19. The molecule has 0 unspecified atom stereocenters. The normalized spacial score (nSPS) is 16.4. The Morgan fingerprint density at radius 2 is 1.82 bits per heavy atom. The molecule has 2 rings (SSSR count). The standard InChI is InChI=1S/C15H16N2O5/c1-15(2)13(20)17(14(21)16-15)8-12(19)22-9-11(18)10-6-4-3-5-7-10/h3-7H,8-9H2,1-2H3,(H,16,21). The Hall–Kier alpha value is -2.70. The first-order valence-electron chi connectivity index (χ1n) is 6.69. The molecule has 0 atom stereocenters. The van der Waals surface area contributed by atoms with Crippen LogP contribution in [0.5, 0.6) is 0 Å². The predicted molar refractivity (Wildman–Crippen MR) is 76.1 cm³/mol. The van der Waals surface area contributed by atoms with Crippen LogP contribution in [0.25, 0.3) is 0 Å². The van der Waals surface area contributed by atoms with Crippen molar-refractivity contribution in [3.05, 3.63) is 35.9 Å². The molecule has 0 radical (unpaired) electrons. The molecule has 0 aliphatic carbocycles. The van der Waals surface area contributed by atoms with Gasteiger partial charge in [0.2, 0.25) is 0 Å². The van der Waals surface area contributed by atoms with E-state index in [0.717, 1.165) is 4.90 Å². The Labute approximate surface area is 127 Å². The highest BCUT2D eigenvalue weighted by atomic mass is 16.5. The van der Waals surface area contributed by atoms with E-state index in [9.17, 15) is 19.2 Å². The number of hydrogen-bond acceptors (Lipinski definition) is 5. The molecule has 7 nitrogen and oxygen atoms in total. The second-order valence-electron chi connectivity index (χ2n) is 5.40. The van der Waals surface area contributed by atoms with Crippen molar-refractivity contribution in [1.29, 1.82) is 0 Å². The van der Waals surface area contributed by atoms with Gasteiger partial charge in [0, 0.05) is 5.56 Å². The van der Waals surface area contributed by atoms with Gasteiger partial charge >= 0.3 is 12.0 Å². The van der Waals surface area contributed by atoms with Gasteiger partial charge in [-0.2, -0.15) is 0 Å². The average Bonchev–Trinajstić information content (AvgIpc) is 2.67. The molecular formula is C15H16N2O5. The number of rotatable bonds is 5. The van der Waals surface area contributed by atoms with Gasteiger partial charge in [-0.15, -0.1) is 0 Å². The van der Waals surface area contributed by atoms with E-state index in [1.807, 2.05) is 0 Å². The van der Waals surface area contributed by atoms with Crippen LogP contribution in [0, 0.1) is 0 Å². The van der Waals surface area contributed by atoms with Crippen molar-refractivity contribution in [3.8, 4) is 0 Å². The zero-order valence-corrected chi connectivity index (χ0v) is 12.3. The SMILES string of the molecule is CC1(C)NC(=O)N(CC(=O)OCC(=O)c2ccccc2)C1=O. The van der Waals surface area contributed by atoms with Gasteiger partial charge in [0.05, 0.1) is 0 Å². The van der Waals surface area contributed by atoms with Gasteiger partial charge in [0.1, 0.15) is 12.1 Å². The van der Waals surface area contributed by atoms with Crippen molar-refractivity contribution in [2.24, 2.45) is 0 Å². The smallest absolute Gasteiger partial charge is 0.326 e. The Morgan fingerprint density at radius 1 is 1.18 bits per heavy atom. The van der Waals surface area contributed by atoms with Crippen molar-refractivity contribution in [1.82, 2.24) is 10.2 Å². The molecule has 1 aromatic rings. The van der Waals surface area contributed by atoms with Gasteiger partial charge in [-0.25, -0.2) is 4.79 Å². The minimum atomic E-state index is -1.04. The number of carbonyl (C=O) groups is 4. The Bertz CT molecular complexity index is 624. The Balaban J connectivity index is 1.88. The molecular weight excluding hydrogens is 288 g/mol. The van der Waals surface area contributed by atoms with Crippen LogP contribution in [0.4, 0.5) is 4.79 Å². The fraction of sp³-hybridized carbons (Fsp3) is 0.333. The van der Waals surface area contributed by atoms with Crippen LogP contribution >= 0.6 is 0 Å². The second kappa shape index (κ2) is 5.97. The van der Waals surface area contributed by atoms with E-state index < -0.39 is 36.6 Å². The maximum atomic E-state index is 11.9. The van der Waals surface area contributed by atoms with E-state index in [-0.39, 0.29) is 5.78 Å². The molecule has 1 fully saturated rings. The van der Waals surface area contributed by atoms with E-state index in [1.165, 1.54) is 13.8 Å². The summed E-state index contributed by atoms with van der Waals surface area (Å²) < 4.78 is 4.82. The molecule has 0 saturated carbocycles. The van der Waals surface area contributed by atoms with Crippen molar-refractivity contribution in [2.45, 2.75) is 19.4 Å². The minimum Gasteiger partial charge on any atom is -0.456 e. The highest BCUT2D eigenvalue weighted by molar-refractivity contribution is 6.08. The number of Topliss-reactive ketones (excluding diaryl/α,β-unsaturated/α-hetero) is 1. The first kappa shape index (κ1) is 15.7. The van der Waals surface area contributed by atoms with E-state index in [2.05, 4.69) is 5.32 Å². The molecule has 1 aliphatic heterocycles. The molecule has 1 saturated heterocycles. The third-order valence-corrected chi connectivity index (χ3v) is 3.19. The van der Waals surface area contributed by atoms with Crippen molar-refractivity contribution < 1.29 is 23.9 Å². The molecule has 3 amide bonds. The fourth-order valence-corrected chi connectivity index (χ4v) is 1.99. The maximum absolute atomic E-state index is 11.9. The number of hydrogen-bond donors (Lipinski definition) is 1. The van der Waals surface area contributed by atoms with Crippen LogP contribution in [0.15, 0.2) is 30.3 Å². The van der Waals surface area contributed by atoms with Crippen molar-refractivity contribution in [3.63, 3.8) is 0 Å². The summed E-state index contributed by atoms with van der Waals surface area (Å²) in [6, 6.07) is 7.73. The topological polar surface area (TPSA) is 92.8 Å². The van der Waals surface area contributed by atoms with E-state index in [1.54, 1.807) is 30.3 Å². The summed E-state index contributed by atoms with van der Waals surface area (Å²) in [4.78, 5) is 47.8. The van der Waals surface area contributed by atoms with Crippen LogP contribution in [0.1, 0.15) is 24.2 Å². The molecule has 0 spiro atoms. The van der Waals surface area contributed by atoms with Crippen LogP contribution in [-0.4, -0.2) is 47.3 Å². The molecule has 1 heterocycles. The number of urea groups is 1. The number of imide groups is 1. The highest BCUT2D eigenvalue weighted by Gasteiger charge is 2.45. The monoisotopic (exact) mass is 304 g/mol. The average molecular weight is 304 g/mol. The molecule has 1 aliphatic rings. The lowest BCUT2D eigenvalue weighted by atomic mass is 10.1. The molecule has 1 aromatic carbocycles. The highest BCUT2D eigenvalue weighted by Crippen LogP contribution is 2.16. The van der Waals surface area contributed by atoms with E-state index >= 15 is 0 Å². The van der Waals surface area contributed by atoms with Gasteiger partial charge in [0.15, 0.2) is 12.4 Å². The lowest BCUT2D eigenvalue weighted by Gasteiger charge is -2.15. The number of amides is 3. The first-order chi connectivity index (χ1) is 10.3. The van der Waals surface area contributed by atoms with E-state index in [0.29, 0.717) is 5.56 Å². The van der Waals surface area contributed by atoms with Crippen LogP contribution in [0.2, 0.25) is 0 Å². The zero-order valence-electron chi connectivity index (χ0n) is 12.3. The van der Waals surface area contributed by atoms with Gasteiger partial charge in [-0.3, -0.25) is 19.3 Å². The molecule has 7 heteroatoms. The number of esters is 1. The summed E-state index contributed by atoms with van der Waals surface area (Å²) in [5, 5.41) is 2.45. The summed E-state index contributed by atoms with van der Waals surface area (Å²) in [7, 11) is 0. The van der Waals surface area contributed by atoms with Crippen molar-refractivity contribution in [2.75, 3.05) is 13.2 Å². The van der Waals surface area contributed by atoms with Gasteiger partial charge < -0.3 is 10.1 Å². The fourth-order valence-electron chi connectivity index (χ4n) is 1.99.